The standard InChI is InChI=1S/C31H54O3/c1-7-8-9-10-11-12-13-14-15-16-17-18-19-20-21-26(30(33)34)23-27-24(2)22-28(31(4,5)6)29(32)25(27)3/h22,26,32H,7-21,23H2,1-6H3,(H,33,34). The van der Waals surface area contributed by atoms with Gasteiger partial charge in [-0.1, -0.05) is 124 Å². The number of carboxylic acids is 1. The van der Waals surface area contributed by atoms with E-state index < -0.39 is 5.97 Å². The van der Waals surface area contributed by atoms with Crippen molar-refractivity contribution in [2.75, 3.05) is 0 Å². The molecule has 0 saturated heterocycles. The smallest absolute Gasteiger partial charge is 0.306 e. The van der Waals surface area contributed by atoms with Crippen LogP contribution in [-0.4, -0.2) is 16.2 Å². The predicted octanol–water partition coefficient (Wildman–Crippen LogP) is 9.42. The van der Waals surface area contributed by atoms with E-state index in [-0.39, 0.29) is 11.3 Å². The molecule has 0 amide bonds. The second-order valence-corrected chi connectivity index (χ2v) is 11.6. The Kier molecular flexibility index (Phi) is 14.6. The molecule has 0 heterocycles. The fourth-order valence-corrected chi connectivity index (χ4v) is 5.04. The zero-order valence-electron chi connectivity index (χ0n) is 23.3. The predicted molar refractivity (Wildman–Crippen MR) is 146 cm³/mol. The molecule has 3 nitrogen and oxygen atoms in total. The number of benzene rings is 1. The van der Waals surface area contributed by atoms with E-state index in [4.69, 9.17) is 0 Å². The van der Waals surface area contributed by atoms with Crippen LogP contribution >= 0.6 is 0 Å². The summed E-state index contributed by atoms with van der Waals surface area (Å²) < 4.78 is 0. The van der Waals surface area contributed by atoms with Crippen LogP contribution in [0.15, 0.2) is 6.07 Å². The Labute approximate surface area is 210 Å². The molecule has 1 rings (SSSR count). The van der Waals surface area contributed by atoms with Gasteiger partial charge in [-0.3, -0.25) is 4.79 Å². The lowest BCUT2D eigenvalue weighted by Crippen LogP contribution is -2.19. The van der Waals surface area contributed by atoms with Crippen LogP contribution in [-0.2, 0) is 16.6 Å². The average molecular weight is 475 g/mol. The zero-order chi connectivity index (χ0) is 25.6. The van der Waals surface area contributed by atoms with E-state index in [1.165, 1.54) is 77.0 Å². The molecule has 0 fully saturated rings. The topological polar surface area (TPSA) is 57.5 Å². The first-order valence-electron chi connectivity index (χ1n) is 14.1. The van der Waals surface area contributed by atoms with Gasteiger partial charge in [-0.15, -0.1) is 0 Å². The zero-order valence-corrected chi connectivity index (χ0v) is 23.3. The molecule has 0 radical (unpaired) electrons. The van der Waals surface area contributed by atoms with Crippen molar-refractivity contribution in [2.24, 2.45) is 5.92 Å². The third kappa shape index (κ3) is 11.3. The van der Waals surface area contributed by atoms with Crippen molar-refractivity contribution in [1.29, 1.82) is 0 Å². The lowest BCUT2D eigenvalue weighted by Gasteiger charge is -2.25. The van der Waals surface area contributed by atoms with Crippen molar-refractivity contribution in [3.05, 3.63) is 28.3 Å². The van der Waals surface area contributed by atoms with Crippen molar-refractivity contribution in [2.45, 2.75) is 150 Å². The molecule has 0 aliphatic heterocycles. The lowest BCUT2D eigenvalue weighted by atomic mass is 9.81. The first-order valence-corrected chi connectivity index (χ1v) is 14.1. The number of aryl methyl sites for hydroxylation is 1. The van der Waals surface area contributed by atoms with E-state index in [2.05, 4.69) is 27.7 Å². The molecular formula is C31H54O3. The Bertz CT molecular complexity index is 714. The SMILES string of the molecule is CCCCCCCCCCCCCCCCC(Cc1c(C)cc(C(C)(C)C)c(O)c1C)C(=O)O. The normalized spacial score (nSPS) is 12.8. The Morgan fingerprint density at radius 2 is 1.26 bits per heavy atom. The summed E-state index contributed by atoms with van der Waals surface area (Å²) in [5.41, 5.74) is 3.73. The van der Waals surface area contributed by atoms with Gasteiger partial charge in [0.1, 0.15) is 5.75 Å². The summed E-state index contributed by atoms with van der Waals surface area (Å²) >= 11 is 0. The van der Waals surface area contributed by atoms with E-state index >= 15 is 0 Å². The lowest BCUT2D eigenvalue weighted by molar-refractivity contribution is -0.142. The molecule has 0 spiro atoms. The van der Waals surface area contributed by atoms with Crippen LogP contribution in [0.4, 0.5) is 0 Å². The maximum Gasteiger partial charge on any atom is 0.306 e. The summed E-state index contributed by atoms with van der Waals surface area (Å²) in [6.45, 7) is 12.5. The van der Waals surface area contributed by atoms with Crippen LogP contribution in [0.3, 0.4) is 0 Å². The first-order chi connectivity index (χ1) is 16.1. The van der Waals surface area contributed by atoms with E-state index in [9.17, 15) is 15.0 Å². The Balaban J connectivity index is 2.33. The minimum absolute atomic E-state index is 0.140. The fourth-order valence-electron chi connectivity index (χ4n) is 5.04. The van der Waals surface area contributed by atoms with Crippen LogP contribution in [0.25, 0.3) is 0 Å². The number of phenolic OH excluding ortho intramolecular Hbond substituents is 1. The molecule has 0 bridgehead atoms. The quantitative estimate of drug-likeness (QED) is 0.208. The Morgan fingerprint density at radius 1 is 0.824 bits per heavy atom. The van der Waals surface area contributed by atoms with Gasteiger partial charge in [-0.2, -0.15) is 0 Å². The number of aliphatic carboxylic acids is 1. The van der Waals surface area contributed by atoms with Crippen LogP contribution in [0, 0.1) is 19.8 Å². The molecule has 0 aliphatic rings. The van der Waals surface area contributed by atoms with Crippen molar-refractivity contribution < 1.29 is 15.0 Å². The average Bonchev–Trinajstić information content (AvgIpc) is 2.76. The van der Waals surface area contributed by atoms with Gasteiger partial charge in [0.15, 0.2) is 0 Å². The highest BCUT2D eigenvalue weighted by molar-refractivity contribution is 5.70. The van der Waals surface area contributed by atoms with Gasteiger partial charge >= 0.3 is 5.97 Å². The summed E-state index contributed by atoms with van der Waals surface area (Å²) in [6, 6.07) is 2.04. The number of hydrogen-bond donors (Lipinski definition) is 2. The van der Waals surface area contributed by atoms with Crippen LogP contribution in [0.2, 0.25) is 0 Å². The minimum Gasteiger partial charge on any atom is -0.507 e. The monoisotopic (exact) mass is 474 g/mol. The number of carboxylic acid groups (broad SMARTS) is 1. The van der Waals surface area contributed by atoms with Crippen molar-refractivity contribution in [1.82, 2.24) is 0 Å². The summed E-state index contributed by atoms with van der Waals surface area (Å²) in [7, 11) is 0. The van der Waals surface area contributed by atoms with Gasteiger partial charge in [0.05, 0.1) is 5.92 Å². The molecule has 2 N–H and O–H groups in total. The maximum atomic E-state index is 11.9. The highest BCUT2D eigenvalue weighted by atomic mass is 16.4. The van der Waals surface area contributed by atoms with E-state index in [1.807, 2.05) is 19.9 Å². The third-order valence-electron chi connectivity index (χ3n) is 7.41. The molecule has 0 aromatic heterocycles. The molecule has 34 heavy (non-hydrogen) atoms. The molecule has 1 aromatic rings. The Morgan fingerprint density at radius 3 is 1.68 bits per heavy atom. The van der Waals surface area contributed by atoms with Crippen LogP contribution in [0.5, 0.6) is 5.75 Å². The second-order valence-electron chi connectivity index (χ2n) is 11.6. The fraction of sp³-hybridized carbons (Fsp3) is 0.774. The Hall–Kier alpha value is -1.51. The number of rotatable bonds is 18. The molecule has 0 aliphatic carbocycles. The molecule has 3 heteroatoms. The molecule has 1 unspecified atom stereocenters. The van der Waals surface area contributed by atoms with E-state index in [0.29, 0.717) is 18.6 Å². The highest BCUT2D eigenvalue weighted by Gasteiger charge is 2.25. The van der Waals surface area contributed by atoms with E-state index in [0.717, 1.165) is 35.1 Å². The van der Waals surface area contributed by atoms with Gasteiger partial charge in [-0.25, -0.2) is 0 Å². The van der Waals surface area contributed by atoms with Crippen molar-refractivity contribution in [3.8, 4) is 5.75 Å². The summed E-state index contributed by atoms with van der Waals surface area (Å²) in [5, 5.41) is 20.6. The minimum atomic E-state index is -0.715. The number of carbonyl (C=O) groups is 1. The molecule has 196 valence electrons. The molecule has 1 atom stereocenters. The first kappa shape index (κ1) is 30.5. The largest absolute Gasteiger partial charge is 0.507 e. The molecular weight excluding hydrogens is 420 g/mol. The molecule has 0 saturated carbocycles. The number of unbranched alkanes of at least 4 members (excludes halogenated alkanes) is 13. The molecule has 1 aromatic carbocycles. The maximum absolute atomic E-state index is 11.9. The van der Waals surface area contributed by atoms with Gasteiger partial charge in [-0.05, 0) is 54.4 Å². The summed E-state index contributed by atoms with van der Waals surface area (Å²) in [5.74, 6) is -0.767. The van der Waals surface area contributed by atoms with Crippen LogP contribution < -0.4 is 0 Å². The summed E-state index contributed by atoms with van der Waals surface area (Å²) in [4.78, 5) is 11.9. The van der Waals surface area contributed by atoms with E-state index in [1.54, 1.807) is 0 Å². The summed E-state index contributed by atoms with van der Waals surface area (Å²) in [6.07, 6.45) is 19.5. The van der Waals surface area contributed by atoms with Crippen molar-refractivity contribution in [3.63, 3.8) is 0 Å². The number of hydrogen-bond acceptors (Lipinski definition) is 2. The highest BCUT2D eigenvalue weighted by Crippen LogP contribution is 2.37. The van der Waals surface area contributed by atoms with Gasteiger partial charge in [0.2, 0.25) is 0 Å². The van der Waals surface area contributed by atoms with Gasteiger partial charge in [0.25, 0.3) is 0 Å². The number of aromatic hydroxyl groups is 1. The van der Waals surface area contributed by atoms with Gasteiger partial charge < -0.3 is 10.2 Å². The second kappa shape index (κ2) is 16.2. The van der Waals surface area contributed by atoms with Gasteiger partial charge in [0, 0.05) is 0 Å². The van der Waals surface area contributed by atoms with Crippen LogP contribution in [0.1, 0.15) is 146 Å². The third-order valence-corrected chi connectivity index (χ3v) is 7.41. The number of phenols is 1. The van der Waals surface area contributed by atoms with Crippen molar-refractivity contribution >= 4 is 5.97 Å².